The first-order valence-corrected chi connectivity index (χ1v) is 8.37. The molecule has 2 aromatic rings. The number of nitrogens with zero attached hydrogens (tertiary/aromatic N) is 2. The zero-order chi connectivity index (χ0) is 17.5. The summed E-state index contributed by atoms with van der Waals surface area (Å²) in [7, 11) is 5.29. The summed E-state index contributed by atoms with van der Waals surface area (Å²) in [5.74, 6) is 1.60. The average Bonchev–Trinajstić information content (AvgIpc) is 2.85. The zero-order valence-electron chi connectivity index (χ0n) is 14.5. The molecule has 1 heterocycles. The number of benzene rings is 1. The summed E-state index contributed by atoms with van der Waals surface area (Å²) >= 11 is 12.1. The first-order chi connectivity index (χ1) is 11.5. The number of nitrogens with one attached hydrogen (secondary N) is 2. The lowest BCUT2D eigenvalue weighted by Gasteiger charge is -2.12. The molecular formula is C17H23Cl2IN4O. The number of rotatable bonds is 6. The molecule has 0 unspecified atom stereocenters. The Morgan fingerprint density at radius 1 is 1.20 bits per heavy atom. The SMILES string of the molecule is CN=C(NCCc1ccc(OC)cc1)NCc1cc(Cl)c(Cl)n1C.I. The molecule has 0 aliphatic heterocycles. The number of ether oxygens (including phenoxy) is 1. The highest BCUT2D eigenvalue weighted by molar-refractivity contribution is 14.0. The predicted octanol–water partition coefficient (Wildman–Crippen LogP) is 3.87. The largest absolute Gasteiger partial charge is 0.497 e. The van der Waals surface area contributed by atoms with E-state index in [0.717, 1.165) is 30.4 Å². The van der Waals surface area contributed by atoms with Crippen LogP contribution in [0.15, 0.2) is 35.3 Å². The Morgan fingerprint density at radius 3 is 2.40 bits per heavy atom. The van der Waals surface area contributed by atoms with Gasteiger partial charge in [0.05, 0.1) is 18.7 Å². The molecule has 0 bridgehead atoms. The van der Waals surface area contributed by atoms with Crippen LogP contribution in [0.5, 0.6) is 5.75 Å². The maximum atomic E-state index is 6.07. The summed E-state index contributed by atoms with van der Waals surface area (Å²) in [6.45, 7) is 1.37. The van der Waals surface area contributed by atoms with Crippen molar-refractivity contribution in [3.63, 3.8) is 0 Å². The minimum absolute atomic E-state index is 0. The van der Waals surface area contributed by atoms with E-state index >= 15 is 0 Å². The van der Waals surface area contributed by atoms with Crippen molar-refractivity contribution in [2.24, 2.45) is 12.0 Å². The molecule has 0 saturated carbocycles. The number of hydrogen-bond donors (Lipinski definition) is 2. The fourth-order valence-electron chi connectivity index (χ4n) is 2.27. The van der Waals surface area contributed by atoms with E-state index in [2.05, 4.69) is 27.8 Å². The van der Waals surface area contributed by atoms with E-state index in [4.69, 9.17) is 27.9 Å². The molecule has 0 amide bonds. The van der Waals surface area contributed by atoms with Gasteiger partial charge < -0.3 is 19.9 Å². The Labute approximate surface area is 175 Å². The Balaban J connectivity index is 0.00000312. The zero-order valence-corrected chi connectivity index (χ0v) is 18.3. The van der Waals surface area contributed by atoms with Crippen LogP contribution in [-0.4, -0.2) is 31.2 Å². The van der Waals surface area contributed by atoms with E-state index in [9.17, 15) is 0 Å². The molecule has 138 valence electrons. The normalized spacial score (nSPS) is 11.0. The molecule has 1 aromatic carbocycles. The van der Waals surface area contributed by atoms with Gasteiger partial charge in [-0.1, -0.05) is 35.3 Å². The van der Waals surface area contributed by atoms with Crippen molar-refractivity contribution >= 4 is 53.1 Å². The summed E-state index contributed by atoms with van der Waals surface area (Å²) < 4.78 is 7.01. The molecule has 2 rings (SSSR count). The van der Waals surface area contributed by atoms with Gasteiger partial charge in [-0.05, 0) is 30.2 Å². The van der Waals surface area contributed by atoms with Crippen LogP contribution in [0.2, 0.25) is 10.2 Å². The van der Waals surface area contributed by atoms with Crippen LogP contribution in [0.25, 0.3) is 0 Å². The summed E-state index contributed by atoms with van der Waals surface area (Å²) in [6, 6.07) is 9.90. The first kappa shape index (κ1) is 21.9. The van der Waals surface area contributed by atoms with Crippen molar-refractivity contribution in [3.8, 4) is 5.75 Å². The number of hydrogen-bond acceptors (Lipinski definition) is 2. The van der Waals surface area contributed by atoms with Gasteiger partial charge in [-0.15, -0.1) is 24.0 Å². The highest BCUT2D eigenvalue weighted by Crippen LogP contribution is 2.24. The van der Waals surface area contributed by atoms with Crippen LogP contribution < -0.4 is 15.4 Å². The van der Waals surface area contributed by atoms with Gasteiger partial charge in [0.1, 0.15) is 10.9 Å². The van der Waals surface area contributed by atoms with Crippen LogP contribution >= 0.6 is 47.2 Å². The summed E-state index contributed by atoms with van der Waals surface area (Å²) in [6.07, 6.45) is 0.895. The van der Waals surface area contributed by atoms with Gasteiger partial charge in [0.2, 0.25) is 0 Å². The third kappa shape index (κ3) is 6.27. The van der Waals surface area contributed by atoms with Crippen LogP contribution in [-0.2, 0) is 20.0 Å². The third-order valence-corrected chi connectivity index (χ3v) is 4.58. The Morgan fingerprint density at radius 2 is 1.88 bits per heavy atom. The third-order valence-electron chi connectivity index (χ3n) is 3.74. The Hall–Kier alpha value is -1.12. The maximum absolute atomic E-state index is 6.07. The van der Waals surface area contributed by atoms with E-state index in [1.165, 1.54) is 5.56 Å². The Bertz CT molecular complexity index is 701. The molecule has 0 radical (unpaired) electrons. The second-order valence-corrected chi connectivity index (χ2v) is 6.05. The van der Waals surface area contributed by atoms with Crippen LogP contribution in [0.3, 0.4) is 0 Å². The molecule has 0 saturated heterocycles. The fraction of sp³-hybridized carbons (Fsp3) is 0.353. The summed E-state index contributed by atoms with van der Waals surface area (Å²) in [5, 5.41) is 7.63. The summed E-state index contributed by atoms with van der Waals surface area (Å²) in [5.41, 5.74) is 2.22. The molecule has 0 atom stereocenters. The predicted molar refractivity (Wildman–Crippen MR) is 116 cm³/mol. The second-order valence-electron chi connectivity index (χ2n) is 5.28. The standard InChI is InChI=1S/C17H22Cl2N4O.HI/c1-20-17(22-11-13-10-15(18)16(19)23(13)2)21-9-8-12-4-6-14(24-3)7-5-12;/h4-7,10H,8-9,11H2,1-3H3,(H2,20,21,22);1H. The molecule has 1 aromatic heterocycles. The van der Waals surface area contributed by atoms with E-state index in [1.807, 2.05) is 29.8 Å². The van der Waals surface area contributed by atoms with E-state index < -0.39 is 0 Å². The molecular weight excluding hydrogens is 474 g/mol. The lowest BCUT2D eigenvalue weighted by atomic mass is 10.1. The molecule has 8 heteroatoms. The van der Waals surface area contributed by atoms with Gasteiger partial charge >= 0.3 is 0 Å². The number of halogens is 3. The van der Waals surface area contributed by atoms with Crippen molar-refractivity contribution < 1.29 is 4.74 Å². The molecule has 5 nitrogen and oxygen atoms in total. The van der Waals surface area contributed by atoms with E-state index in [-0.39, 0.29) is 24.0 Å². The number of methoxy groups -OCH3 is 1. The molecule has 0 spiro atoms. The second kappa shape index (κ2) is 10.8. The topological polar surface area (TPSA) is 50.6 Å². The van der Waals surface area contributed by atoms with E-state index in [0.29, 0.717) is 16.7 Å². The minimum Gasteiger partial charge on any atom is -0.497 e. The van der Waals surface area contributed by atoms with Crippen molar-refractivity contribution in [1.82, 2.24) is 15.2 Å². The Kier molecular flexibility index (Phi) is 9.45. The minimum atomic E-state index is 0. The summed E-state index contributed by atoms with van der Waals surface area (Å²) in [4.78, 5) is 4.22. The van der Waals surface area contributed by atoms with Crippen LogP contribution in [0, 0.1) is 0 Å². The average molecular weight is 497 g/mol. The van der Waals surface area contributed by atoms with Crippen molar-refractivity contribution in [1.29, 1.82) is 0 Å². The number of guanidine groups is 1. The first-order valence-electron chi connectivity index (χ1n) is 7.62. The maximum Gasteiger partial charge on any atom is 0.191 e. The lowest BCUT2D eigenvalue weighted by Crippen LogP contribution is -2.38. The molecule has 0 aliphatic carbocycles. The monoisotopic (exact) mass is 496 g/mol. The molecule has 25 heavy (non-hydrogen) atoms. The fourth-order valence-corrected chi connectivity index (χ4v) is 2.69. The molecule has 0 fully saturated rings. The van der Waals surface area contributed by atoms with Crippen LogP contribution in [0.1, 0.15) is 11.3 Å². The highest BCUT2D eigenvalue weighted by Gasteiger charge is 2.09. The molecule has 0 aliphatic rings. The highest BCUT2D eigenvalue weighted by atomic mass is 127. The van der Waals surface area contributed by atoms with Gasteiger partial charge in [-0.25, -0.2) is 0 Å². The van der Waals surface area contributed by atoms with Gasteiger partial charge in [-0.3, -0.25) is 4.99 Å². The van der Waals surface area contributed by atoms with Crippen LogP contribution in [0.4, 0.5) is 0 Å². The smallest absolute Gasteiger partial charge is 0.191 e. The van der Waals surface area contributed by atoms with Gasteiger partial charge in [0.15, 0.2) is 5.96 Å². The van der Waals surface area contributed by atoms with Crippen molar-refractivity contribution in [3.05, 3.63) is 51.8 Å². The van der Waals surface area contributed by atoms with E-state index in [1.54, 1.807) is 14.2 Å². The van der Waals surface area contributed by atoms with Crippen molar-refractivity contribution in [2.75, 3.05) is 20.7 Å². The van der Waals surface area contributed by atoms with Gasteiger partial charge in [0, 0.05) is 26.3 Å². The van der Waals surface area contributed by atoms with Crippen molar-refractivity contribution in [2.45, 2.75) is 13.0 Å². The van der Waals surface area contributed by atoms with Gasteiger partial charge in [0.25, 0.3) is 0 Å². The lowest BCUT2D eigenvalue weighted by molar-refractivity contribution is 0.414. The quantitative estimate of drug-likeness (QED) is 0.362. The van der Waals surface area contributed by atoms with Gasteiger partial charge in [-0.2, -0.15) is 0 Å². The number of aliphatic imine (C=N–C) groups is 1. The number of aromatic nitrogens is 1. The molecule has 2 N–H and O–H groups in total.